The Hall–Kier alpha value is -3.95. The molecule has 0 amide bonds. The summed E-state index contributed by atoms with van der Waals surface area (Å²) in [5, 5.41) is 0. The summed E-state index contributed by atoms with van der Waals surface area (Å²) in [6, 6.07) is 3.38. The third-order valence-electron chi connectivity index (χ3n) is 5.98. The van der Waals surface area contributed by atoms with E-state index in [-0.39, 0.29) is 28.7 Å². The van der Waals surface area contributed by atoms with E-state index < -0.39 is 59.7 Å². The first-order chi connectivity index (χ1) is 17.2. The number of hydrogen-bond donors (Lipinski definition) is 0. The molecular formula is C27H25F3O7. The lowest BCUT2D eigenvalue weighted by Gasteiger charge is -2.32. The lowest BCUT2D eigenvalue weighted by atomic mass is 9.82. The average molecular weight is 518 g/mol. The van der Waals surface area contributed by atoms with Gasteiger partial charge in [0.25, 0.3) is 0 Å². The van der Waals surface area contributed by atoms with Crippen molar-refractivity contribution in [1.29, 1.82) is 0 Å². The number of carbonyl (C=O) groups excluding carboxylic acids is 4. The van der Waals surface area contributed by atoms with Gasteiger partial charge in [-0.25, -0.2) is 14.4 Å². The maximum atomic E-state index is 12.9. The van der Waals surface area contributed by atoms with Crippen LogP contribution in [0.5, 0.6) is 0 Å². The first-order valence-electron chi connectivity index (χ1n) is 11.2. The van der Waals surface area contributed by atoms with Crippen LogP contribution in [0.4, 0.5) is 13.2 Å². The van der Waals surface area contributed by atoms with Crippen LogP contribution < -0.4 is 0 Å². The number of carbonyl (C=O) groups is 4. The van der Waals surface area contributed by atoms with Crippen molar-refractivity contribution >= 4 is 23.7 Å². The second kappa shape index (κ2) is 10.6. The van der Waals surface area contributed by atoms with Crippen LogP contribution in [0.3, 0.4) is 0 Å². The molecule has 4 atom stereocenters. The highest BCUT2D eigenvalue weighted by molar-refractivity contribution is 6.00. The normalized spacial score (nSPS) is 27.1. The van der Waals surface area contributed by atoms with E-state index in [4.69, 9.17) is 14.2 Å². The van der Waals surface area contributed by atoms with Crippen LogP contribution >= 0.6 is 0 Å². The van der Waals surface area contributed by atoms with Gasteiger partial charge in [0, 0.05) is 17.6 Å². The molecule has 1 saturated heterocycles. The van der Waals surface area contributed by atoms with Crippen molar-refractivity contribution in [3.05, 3.63) is 83.0 Å². The minimum absolute atomic E-state index is 0.0207. The molecule has 1 heterocycles. The minimum Gasteiger partial charge on any atom is -0.458 e. The molecular weight excluding hydrogens is 493 g/mol. The zero-order valence-electron chi connectivity index (χ0n) is 20.4. The quantitative estimate of drug-likeness (QED) is 0.324. The monoisotopic (exact) mass is 518 g/mol. The summed E-state index contributed by atoms with van der Waals surface area (Å²) in [4.78, 5) is 50.4. The van der Waals surface area contributed by atoms with E-state index >= 15 is 0 Å². The van der Waals surface area contributed by atoms with E-state index in [0.717, 1.165) is 24.3 Å². The van der Waals surface area contributed by atoms with Gasteiger partial charge in [-0.05, 0) is 62.8 Å². The summed E-state index contributed by atoms with van der Waals surface area (Å²) in [5.41, 5.74) is -0.297. The van der Waals surface area contributed by atoms with Crippen LogP contribution in [0.15, 0.2) is 71.9 Å². The van der Waals surface area contributed by atoms with Gasteiger partial charge in [-0.15, -0.1) is 0 Å². The number of rotatable bonds is 4. The summed E-state index contributed by atoms with van der Waals surface area (Å²) in [6.07, 6.45) is -5.59. The third kappa shape index (κ3) is 6.25. The zero-order chi connectivity index (χ0) is 27.7. The van der Waals surface area contributed by atoms with Crippen molar-refractivity contribution in [1.82, 2.24) is 0 Å². The second-order valence-electron chi connectivity index (χ2n) is 9.03. The van der Waals surface area contributed by atoms with Crippen LogP contribution in [0.25, 0.3) is 0 Å². The van der Waals surface area contributed by atoms with Gasteiger partial charge in [-0.2, -0.15) is 13.2 Å². The number of hydrogen-bond acceptors (Lipinski definition) is 7. The summed E-state index contributed by atoms with van der Waals surface area (Å²) >= 11 is 0. The highest BCUT2D eigenvalue weighted by Gasteiger charge is 2.50. The number of ketones is 1. The third-order valence-corrected chi connectivity index (χ3v) is 5.98. The molecule has 10 heteroatoms. The maximum absolute atomic E-state index is 12.9. The molecule has 1 unspecified atom stereocenters. The van der Waals surface area contributed by atoms with E-state index in [1.54, 1.807) is 6.92 Å². The molecule has 7 nitrogen and oxygen atoms in total. The lowest BCUT2D eigenvalue weighted by molar-refractivity contribution is -0.150. The topological polar surface area (TPSA) is 96.0 Å². The standard InChI is InChI=1S/C27H25F3O7/c1-13(2)24(32)35-20-11-14(3)10-19(31)12-15(4)22(23-21(20)16(5)25(33)37-23)36-26(34)17-6-8-18(9-7-17)27(28,29)30/h6-10,12,20-23H,1,5,11H2,2-4H3/b14-10+,15-12-/t20-,21?,22+,23-/m0/s1. The van der Waals surface area contributed by atoms with E-state index in [0.29, 0.717) is 5.57 Å². The van der Waals surface area contributed by atoms with Crippen molar-refractivity contribution in [2.75, 3.05) is 0 Å². The molecule has 196 valence electrons. The van der Waals surface area contributed by atoms with Crippen LogP contribution in [0, 0.1) is 5.92 Å². The largest absolute Gasteiger partial charge is 0.458 e. The highest BCUT2D eigenvalue weighted by atomic mass is 19.4. The molecule has 0 N–H and O–H groups in total. The van der Waals surface area contributed by atoms with Gasteiger partial charge in [0.1, 0.15) is 6.10 Å². The molecule has 0 aromatic heterocycles. The molecule has 3 rings (SSSR count). The van der Waals surface area contributed by atoms with Crippen LogP contribution in [-0.2, 0) is 34.8 Å². The van der Waals surface area contributed by atoms with Crippen molar-refractivity contribution in [3.63, 3.8) is 0 Å². The van der Waals surface area contributed by atoms with Gasteiger partial charge < -0.3 is 14.2 Å². The Morgan fingerprint density at radius 2 is 1.68 bits per heavy atom. The van der Waals surface area contributed by atoms with Gasteiger partial charge in [0.2, 0.25) is 0 Å². The predicted octanol–water partition coefficient (Wildman–Crippen LogP) is 4.68. The van der Waals surface area contributed by atoms with Gasteiger partial charge in [-0.1, -0.05) is 18.7 Å². The fourth-order valence-electron chi connectivity index (χ4n) is 4.14. The molecule has 0 bridgehead atoms. The molecule has 0 radical (unpaired) electrons. The summed E-state index contributed by atoms with van der Waals surface area (Å²) < 4.78 is 55.4. The Bertz CT molecular complexity index is 1220. The van der Waals surface area contributed by atoms with Gasteiger partial charge in [0.15, 0.2) is 18.0 Å². The first kappa shape index (κ1) is 27.6. The molecule has 2 aliphatic rings. The molecule has 1 aliphatic heterocycles. The number of halogens is 3. The number of benzene rings is 1. The minimum atomic E-state index is -4.59. The number of allylic oxidation sites excluding steroid dienone is 2. The molecule has 1 aromatic rings. The SMILES string of the molecule is C=C(C)C(=O)O[C@H]1C/C(C)=C/C(=O)/C=C(/C)[C@@H](OC(=O)c2ccc(C(F)(F)F)cc2)[C@H]2OC(=O)C(=C)C12. The van der Waals surface area contributed by atoms with Gasteiger partial charge >= 0.3 is 24.1 Å². The van der Waals surface area contributed by atoms with Crippen molar-refractivity contribution < 1.29 is 46.6 Å². The first-order valence-corrected chi connectivity index (χ1v) is 11.2. The predicted molar refractivity (Wildman–Crippen MR) is 125 cm³/mol. The average Bonchev–Trinajstić information content (AvgIpc) is 3.09. The Balaban J connectivity index is 2.03. The summed E-state index contributed by atoms with van der Waals surface area (Å²) in [5.74, 6) is -3.96. The fourth-order valence-corrected chi connectivity index (χ4v) is 4.14. The van der Waals surface area contributed by atoms with E-state index in [1.807, 2.05) is 0 Å². The number of ether oxygens (including phenoxy) is 3. The molecule has 0 spiro atoms. The van der Waals surface area contributed by atoms with E-state index in [1.165, 1.54) is 26.0 Å². The maximum Gasteiger partial charge on any atom is 0.416 e. The van der Waals surface area contributed by atoms with Crippen LogP contribution in [0.2, 0.25) is 0 Å². The molecule has 1 aromatic carbocycles. The Kier molecular flexibility index (Phi) is 7.90. The molecule has 1 aliphatic carbocycles. The van der Waals surface area contributed by atoms with Crippen LogP contribution in [-0.4, -0.2) is 42.0 Å². The van der Waals surface area contributed by atoms with Crippen molar-refractivity contribution in [2.24, 2.45) is 5.92 Å². The Morgan fingerprint density at radius 3 is 2.24 bits per heavy atom. The molecule has 1 fully saturated rings. The number of fused-ring (bicyclic) bond motifs is 1. The highest BCUT2D eigenvalue weighted by Crippen LogP contribution is 2.39. The smallest absolute Gasteiger partial charge is 0.416 e. The van der Waals surface area contributed by atoms with Crippen LogP contribution in [0.1, 0.15) is 43.1 Å². The van der Waals surface area contributed by atoms with Crippen molar-refractivity contribution in [2.45, 2.75) is 51.7 Å². The second-order valence-corrected chi connectivity index (χ2v) is 9.03. The molecule has 37 heavy (non-hydrogen) atoms. The van der Waals surface area contributed by atoms with Crippen molar-refractivity contribution in [3.8, 4) is 0 Å². The van der Waals surface area contributed by atoms with Gasteiger partial charge in [-0.3, -0.25) is 4.79 Å². The summed E-state index contributed by atoms with van der Waals surface area (Å²) in [7, 11) is 0. The van der Waals surface area contributed by atoms with E-state index in [2.05, 4.69) is 13.2 Å². The number of esters is 3. The molecule has 0 saturated carbocycles. The summed E-state index contributed by atoms with van der Waals surface area (Å²) in [6.45, 7) is 11.9. The Morgan fingerprint density at radius 1 is 1.05 bits per heavy atom. The Labute approximate surface area is 211 Å². The fraction of sp³-hybridized carbons (Fsp3) is 0.333. The number of alkyl halides is 3. The van der Waals surface area contributed by atoms with Gasteiger partial charge in [0.05, 0.1) is 17.0 Å². The lowest BCUT2D eigenvalue weighted by Crippen LogP contribution is -2.43. The zero-order valence-corrected chi connectivity index (χ0v) is 20.4. The van der Waals surface area contributed by atoms with E-state index in [9.17, 15) is 32.3 Å².